The summed E-state index contributed by atoms with van der Waals surface area (Å²) in [4.78, 5) is 15.6. The molecule has 1 aliphatic carbocycles. The van der Waals surface area contributed by atoms with Crippen molar-refractivity contribution in [1.82, 2.24) is 15.5 Å². The van der Waals surface area contributed by atoms with Gasteiger partial charge in [0.2, 0.25) is 5.88 Å². The van der Waals surface area contributed by atoms with Gasteiger partial charge in [0, 0.05) is 24.9 Å². The highest BCUT2D eigenvalue weighted by molar-refractivity contribution is 7.79. The zero-order chi connectivity index (χ0) is 23.6. The smallest absolute Gasteiger partial charge is 0.394 e. The molecule has 1 aliphatic rings. The minimum absolute atomic E-state index is 0.185. The molecule has 32 heavy (non-hydrogen) atoms. The average molecular weight is 464 g/mol. The third kappa shape index (κ3) is 9.25. The number of hydrogen-bond donors (Lipinski definition) is 3. The third-order valence-electron chi connectivity index (χ3n) is 3.98. The van der Waals surface area contributed by atoms with Crippen LogP contribution in [0.15, 0.2) is 53.2 Å². The highest BCUT2D eigenvalue weighted by Crippen LogP contribution is 2.26. The van der Waals surface area contributed by atoms with Gasteiger partial charge >= 0.3 is 10.4 Å². The Morgan fingerprint density at radius 1 is 1.12 bits per heavy atom. The van der Waals surface area contributed by atoms with Crippen LogP contribution in [0.3, 0.4) is 0 Å². The topological polar surface area (TPSA) is 152 Å². The Morgan fingerprint density at radius 3 is 2.25 bits per heavy atom. The van der Waals surface area contributed by atoms with Crippen molar-refractivity contribution < 1.29 is 31.6 Å². The molecule has 2 heterocycles. The summed E-state index contributed by atoms with van der Waals surface area (Å²) in [5.41, 5.74) is 3.08. The van der Waals surface area contributed by atoms with Crippen LogP contribution in [0, 0.1) is 6.92 Å². The van der Waals surface area contributed by atoms with Crippen LogP contribution in [-0.2, 0) is 17.0 Å². The van der Waals surface area contributed by atoms with Gasteiger partial charge in [-0.1, -0.05) is 54.8 Å². The normalized spacial score (nSPS) is 11.9. The molecule has 0 bridgehead atoms. The fourth-order valence-electron chi connectivity index (χ4n) is 2.27. The number of aryl methyl sites for hydroxylation is 1. The maximum atomic E-state index is 11.5. The SMILES string of the molecule is C1CC1.CNC(=O)c1ccc(OCc2c(-c3ccccc3)noc2C)nc1.O=S(=O)(O)O. The number of nitrogens with one attached hydrogen (secondary N) is 1. The molecule has 1 fully saturated rings. The molecule has 11 heteroatoms. The fraction of sp³-hybridized carbons (Fsp3) is 0.286. The molecule has 0 atom stereocenters. The van der Waals surface area contributed by atoms with Crippen molar-refractivity contribution in [3.63, 3.8) is 0 Å². The molecule has 1 saturated carbocycles. The third-order valence-corrected chi connectivity index (χ3v) is 3.98. The summed E-state index contributed by atoms with van der Waals surface area (Å²) < 4.78 is 42.6. The van der Waals surface area contributed by atoms with E-state index >= 15 is 0 Å². The van der Waals surface area contributed by atoms with E-state index in [-0.39, 0.29) is 12.5 Å². The molecular formula is C21H25N3O7S. The van der Waals surface area contributed by atoms with E-state index in [2.05, 4.69) is 15.5 Å². The van der Waals surface area contributed by atoms with E-state index in [1.54, 1.807) is 19.2 Å². The van der Waals surface area contributed by atoms with Gasteiger partial charge in [0.15, 0.2) is 0 Å². The molecule has 172 valence electrons. The molecule has 2 aromatic heterocycles. The molecule has 0 unspecified atom stereocenters. The van der Waals surface area contributed by atoms with Crippen LogP contribution in [0.2, 0.25) is 0 Å². The Labute approximate surface area is 186 Å². The van der Waals surface area contributed by atoms with Crippen molar-refractivity contribution in [2.75, 3.05) is 7.05 Å². The highest BCUT2D eigenvalue weighted by Gasteiger charge is 2.15. The molecule has 4 rings (SSSR count). The molecule has 3 aromatic rings. The molecular weight excluding hydrogens is 438 g/mol. The lowest BCUT2D eigenvalue weighted by atomic mass is 10.1. The number of ether oxygens (including phenoxy) is 1. The fourth-order valence-corrected chi connectivity index (χ4v) is 2.27. The van der Waals surface area contributed by atoms with Crippen LogP contribution in [0.1, 0.15) is 40.9 Å². The van der Waals surface area contributed by atoms with Crippen LogP contribution in [-0.4, -0.2) is 40.6 Å². The van der Waals surface area contributed by atoms with Gasteiger partial charge < -0.3 is 14.6 Å². The van der Waals surface area contributed by atoms with E-state index in [9.17, 15) is 4.79 Å². The summed E-state index contributed by atoms with van der Waals surface area (Å²) in [6.07, 6.45) is 5.98. The Kier molecular flexibility index (Phi) is 9.32. The molecule has 0 saturated heterocycles. The van der Waals surface area contributed by atoms with Crippen LogP contribution in [0.25, 0.3) is 11.3 Å². The Hall–Kier alpha value is -3.28. The van der Waals surface area contributed by atoms with Gasteiger partial charge in [0.1, 0.15) is 18.1 Å². The number of aromatic nitrogens is 2. The first-order valence-electron chi connectivity index (χ1n) is 9.70. The van der Waals surface area contributed by atoms with Crippen LogP contribution >= 0.6 is 0 Å². The summed E-state index contributed by atoms with van der Waals surface area (Å²) >= 11 is 0. The molecule has 1 aromatic carbocycles. The van der Waals surface area contributed by atoms with Gasteiger partial charge in [0.25, 0.3) is 5.91 Å². The van der Waals surface area contributed by atoms with Crippen LogP contribution in [0.5, 0.6) is 5.88 Å². The van der Waals surface area contributed by atoms with Gasteiger partial charge in [-0.15, -0.1) is 0 Å². The summed E-state index contributed by atoms with van der Waals surface area (Å²) in [5, 5.41) is 6.67. The first-order valence-corrected chi connectivity index (χ1v) is 11.1. The second-order valence-electron chi connectivity index (χ2n) is 6.69. The van der Waals surface area contributed by atoms with E-state index in [0.29, 0.717) is 17.2 Å². The van der Waals surface area contributed by atoms with E-state index < -0.39 is 10.4 Å². The second-order valence-corrected chi connectivity index (χ2v) is 7.59. The minimum atomic E-state index is -4.67. The van der Waals surface area contributed by atoms with Crippen molar-refractivity contribution in [2.24, 2.45) is 0 Å². The van der Waals surface area contributed by atoms with Gasteiger partial charge in [-0.3, -0.25) is 13.9 Å². The minimum Gasteiger partial charge on any atom is -0.473 e. The maximum absolute atomic E-state index is 11.5. The van der Waals surface area contributed by atoms with Gasteiger partial charge in [-0.05, 0) is 13.0 Å². The summed E-state index contributed by atoms with van der Waals surface area (Å²) in [6.45, 7) is 2.13. The average Bonchev–Trinajstić information content (AvgIpc) is 3.60. The van der Waals surface area contributed by atoms with Gasteiger partial charge in [-0.25, -0.2) is 4.98 Å². The molecule has 1 amide bonds. The number of nitrogens with zero attached hydrogens (tertiary/aromatic N) is 2. The summed E-state index contributed by atoms with van der Waals surface area (Å²) in [5.74, 6) is 0.952. The molecule has 10 nitrogen and oxygen atoms in total. The predicted octanol–water partition coefficient (Wildman–Crippen LogP) is 3.50. The first-order chi connectivity index (χ1) is 15.2. The molecule has 0 radical (unpaired) electrons. The highest BCUT2D eigenvalue weighted by atomic mass is 32.3. The predicted molar refractivity (Wildman–Crippen MR) is 117 cm³/mol. The van der Waals surface area contributed by atoms with Gasteiger partial charge in [-0.2, -0.15) is 8.42 Å². The van der Waals surface area contributed by atoms with Crippen molar-refractivity contribution in [2.45, 2.75) is 32.8 Å². The standard InChI is InChI=1S/C18H17N3O3.C3H6.H2O4S/c1-12-15(17(21-24-12)13-6-4-3-5-7-13)11-23-16-9-8-14(10-20-16)18(22)19-2;1-2-3-1;1-5(2,3)4/h3-10H,11H2,1-2H3,(H,19,22);1-3H2;(H2,1,2,3,4). The number of carbonyl (C=O) groups is 1. The van der Waals surface area contributed by atoms with E-state index in [1.807, 2.05) is 37.3 Å². The number of benzene rings is 1. The molecule has 3 N–H and O–H groups in total. The maximum Gasteiger partial charge on any atom is 0.394 e. The van der Waals surface area contributed by atoms with Crippen molar-refractivity contribution in [3.05, 3.63) is 65.5 Å². The van der Waals surface area contributed by atoms with E-state index in [0.717, 1.165) is 16.8 Å². The van der Waals surface area contributed by atoms with Gasteiger partial charge in [0.05, 0.1) is 11.1 Å². The molecule has 0 spiro atoms. The quantitative estimate of drug-likeness (QED) is 0.483. The van der Waals surface area contributed by atoms with Crippen LogP contribution in [0.4, 0.5) is 0 Å². The van der Waals surface area contributed by atoms with E-state index in [4.69, 9.17) is 26.8 Å². The summed E-state index contributed by atoms with van der Waals surface area (Å²) in [6, 6.07) is 13.1. The Bertz CT molecular complexity index is 1090. The van der Waals surface area contributed by atoms with Crippen molar-refractivity contribution >= 4 is 16.3 Å². The Morgan fingerprint density at radius 2 is 1.75 bits per heavy atom. The number of rotatable bonds is 5. The zero-order valence-corrected chi connectivity index (χ0v) is 18.5. The van der Waals surface area contributed by atoms with E-state index in [1.165, 1.54) is 25.5 Å². The number of hydrogen-bond acceptors (Lipinski definition) is 7. The van der Waals surface area contributed by atoms with Crippen molar-refractivity contribution in [1.29, 1.82) is 0 Å². The lowest BCUT2D eigenvalue weighted by Crippen LogP contribution is -2.17. The summed E-state index contributed by atoms with van der Waals surface area (Å²) in [7, 11) is -3.09. The lowest BCUT2D eigenvalue weighted by molar-refractivity contribution is 0.0962. The second kappa shape index (κ2) is 11.9. The number of pyridine rings is 1. The lowest BCUT2D eigenvalue weighted by Gasteiger charge is -2.06. The van der Waals surface area contributed by atoms with Crippen LogP contribution < -0.4 is 10.1 Å². The van der Waals surface area contributed by atoms with Crippen molar-refractivity contribution in [3.8, 4) is 17.1 Å². The zero-order valence-electron chi connectivity index (χ0n) is 17.7. The number of amides is 1. The largest absolute Gasteiger partial charge is 0.473 e. The monoisotopic (exact) mass is 463 g/mol. The number of carbonyl (C=O) groups excluding carboxylic acids is 1. The Balaban J connectivity index is 0.000000385. The first kappa shape index (κ1) is 25.0. The molecule has 0 aliphatic heterocycles.